The lowest BCUT2D eigenvalue weighted by atomic mass is 10.3. The van der Waals surface area contributed by atoms with Gasteiger partial charge in [0.15, 0.2) is 0 Å². The Morgan fingerprint density at radius 3 is 3.07 bits per heavy atom. The van der Waals surface area contributed by atoms with Gasteiger partial charge in [-0.2, -0.15) is 0 Å². The molecule has 0 saturated carbocycles. The quantitative estimate of drug-likeness (QED) is 0.550. The molecule has 0 atom stereocenters. The van der Waals surface area contributed by atoms with Crippen LogP contribution < -0.4 is 10.9 Å². The van der Waals surface area contributed by atoms with Crippen LogP contribution in [0.5, 0.6) is 0 Å². The summed E-state index contributed by atoms with van der Waals surface area (Å²) in [6.45, 7) is 3.82. The van der Waals surface area contributed by atoms with Crippen LogP contribution in [0.1, 0.15) is 5.56 Å². The smallest absolute Gasteiger partial charge is 0.250 e. The van der Waals surface area contributed by atoms with Gasteiger partial charge in [-0.3, -0.25) is 4.79 Å². The molecule has 0 aliphatic heterocycles. The Morgan fingerprint density at radius 1 is 1.64 bits per heavy atom. The Kier molecular flexibility index (Phi) is 3.96. The van der Waals surface area contributed by atoms with Crippen LogP contribution in [0, 0.1) is 19.3 Å². The Balaban J connectivity index is 2.52. The molecular weight excluding hydrogens is 176 g/mol. The first-order valence-corrected chi connectivity index (χ1v) is 4.55. The van der Waals surface area contributed by atoms with E-state index < -0.39 is 0 Å². The molecule has 0 aliphatic carbocycles. The van der Waals surface area contributed by atoms with Crippen LogP contribution in [-0.4, -0.2) is 17.7 Å². The number of hydrogen-bond donors (Lipinski definition) is 1. The van der Waals surface area contributed by atoms with Gasteiger partial charge in [0.05, 0.1) is 6.54 Å². The normalized spacial score (nSPS) is 9.71. The van der Waals surface area contributed by atoms with Gasteiger partial charge in [-0.05, 0) is 18.6 Å². The van der Waals surface area contributed by atoms with E-state index in [2.05, 4.69) is 11.2 Å². The molecule has 14 heavy (non-hydrogen) atoms. The van der Waals surface area contributed by atoms with Crippen LogP contribution in [0.4, 0.5) is 0 Å². The number of nitrogens with zero attached hydrogens (tertiary/aromatic N) is 1. The molecule has 0 unspecified atom stereocenters. The van der Waals surface area contributed by atoms with Gasteiger partial charge in [0.1, 0.15) is 0 Å². The fraction of sp³-hybridized carbons (Fsp3) is 0.364. The molecule has 3 heteroatoms. The fourth-order valence-corrected chi connectivity index (χ4v) is 1.15. The minimum atomic E-state index is 0.0347. The van der Waals surface area contributed by atoms with E-state index in [1.54, 1.807) is 16.8 Å². The number of hydrogen-bond acceptors (Lipinski definition) is 2. The van der Waals surface area contributed by atoms with Gasteiger partial charge in [-0.15, -0.1) is 6.42 Å². The second-order valence-corrected chi connectivity index (χ2v) is 3.12. The maximum atomic E-state index is 11.4. The summed E-state index contributed by atoms with van der Waals surface area (Å²) in [6.07, 6.45) is 6.88. The lowest BCUT2D eigenvalue weighted by molar-refractivity contribution is 0.612. The highest BCUT2D eigenvalue weighted by Crippen LogP contribution is 1.89. The molecule has 0 radical (unpaired) electrons. The highest BCUT2D eigenvalue weighted by molar-refractivity contribution is 5.07. The van der Waals surface area contributed by atoms with Crippen molar-refractivity contribution >= 4 is 0 Å². The average molecular weight is 190 g/mol. The molecule has 74 valence electrons. The molecule has 1 rings (SSSR count). The number of pyridine rings is 1. The summed E-state index contributed by atoms with van der Waals surface area (Å²) in [7, 11) is 0. The lowest BCUT2D eigenvalue weighted by Gasteiger charge is -2.05. The molecule has 0 fully saturated rings. The van der Waals surface area contributed by atoms with E-state index in [0.717, 1.165) is 5.56 Å². The average Bonchev–Trinajstić information content (AvgIpc) is 2.15. The van der Waals surface area contributed by atoms with Crippen molar-refractivity contribution in [3.05, 3.63) is 34.2 Å². The monoisotopic (exact) mass is 190 g/mol. The molecule has 0 saturated heterocycles. The third-order valence-corrected chi connectivity index (χ3v) is 1.91. The molecule has 0 spiro atoms. The van der Waals surface area contributed by atoms with Gasteiger partial charge in [0.25, 0.3) is 5.56 Å². The van der Waals surface area contributed by atoms with Crippen LogP contribution in [0.15, 0.2) is 23.1 Å². The molecule has 0 amide bonds. The van der Waals surface area contributed by atoms with E-state index in [1.165, 1.54) is 0 Å². The molecule has 0 bridgehead atoms. The van der Waals surface area contributed by atoms with Crippen molar-refractivity contribution in [2.24, 2.45) is 0 Å². The summed E-state index contributed by atoms with van der Waals surface area (Å²) < 4.78 is 1.66. The first-order valence-electron chi connectivity index (χ1n) is 4.55. The van der Waals surface area contributed by atoms with E-state index >= 15 is 0 Å². The number of terminal acetylenes is 1. The van der Waals surface area contributed by atoms with Crippen LogP contribution in [0.3, 0.4) is 0 Å². The first kappa shape index (κ1) is 10.6. The summed E-state index contributed by atoms with van der Waals surface area (Å²) in [5.41, 5.74) is 1.02. The zero-order chi connectivity index (χ0) is 10.4. The molecule has 1 aromatic rings. The summed E-state index contributed by atoms with van der Waals surface area (Å²) in [4.78, 5) is 11.4. The van der Waals surface area contributed by atoms with Crippen LogP contribution in [0.2, 0.25) is 0 Å². The van der Waals surface area contributed by atoms with Crippen molar-refractivity contribution in [1.82, 2.24) is 9.88 Å². The van der Waals surface area contributed by atoms with E-state index in [-0.39, 0.29) is 5.56 Å². The largest absolute Gasteiger partial charge is 0.314 e. The number of rotatable bonds is 4. The van der Waals surface area contributed by atoms with E-state index in [4.69, 9.17) is 6.42 Å². The van der Waals surface area contributed by atoms with E-state index in [0.29, 0.717) is 19.6 Å². The topological polar surface area (TPSA) is 34.0 Å². The van der Waals surface area contributed by atoms with Gasteiger partial charge >= 0.3 is 0 Å². The Hall–Kier alpha value is -1.53. The zero-order valence-corrected chi connectivity index (χ0v) is 8.29. The molecular formula is C11H14N2O. The second-order valence-electron chi connectivity index (χ2n) is 3.12. The van der Waals surface area contributed by atoms with Gasteiger partial charge < -0.3 is 9.88 Å². The number of aryl methyl sites for hydroxylation is 1. The van der Waals surface area contributed by atoms with Crippen molar-refractivity contribution in [3.63, 3.8) is 0 Å². The third-order valence-electron chi connectivity index (χ3n) is 1.91. The predicted molar refractivity (Wildman–Crippen MR) is 57.1 cm³/mol. The highest BCUT2D eigenvalue weighted by atomic mass is 16.1. The van der Waals surface area contributed by atoms with E-state index in [9.17, 15) is 4.79 Å². The van der Waals surface area contributed by atoms with Gasteiger partial charge in [-0.25, -0.2) is 0 Å². The SMILES string of the molecule is C#CCNCCn1ccc(C)cc1=O. The Morgan fingerprint density at radius 2 is 2.43 bits per heavy atom. The summed E-state index contributed by atoms with van der Waals surface area (Å²) in [5, 5.41) is 3.03. The minimum Gasteiger partial charge on any atom is -0.314 e. The third kappa shape index (κ3) is 3.08. The molecule has 0 aliphatic rings. The molecule has 3 nitrogen and oxygen atoms in total. The minimum absolute atomic E-state index is 0.0347. The first-order chi connectivity index (χ1) is 6.74. The van der Waals surface area contributed by atoms with Crippen LogP contribution >= 0.6 is 0 Å². The van der Waals surface area contributed by atoms with Gasteiger partial charge in [0.2, 0.25) is 0 Å². The van der Waals surface area contributed by atoms with Crippen LogP contribution in [-0.2, 0) is 6.54 Å². The predicted octanol–water partition coefficient (Wildman–Crippen LogP) is 0.380. The summed E-state index contributed by atoms with van der Waals surface area (Å²) in [6, 6.07) is 3.55. The maximum absolute atomic E-state index is 11.4. The Bertz CT molecular complexity index is 387. The van der Waals surface area contributed by atoms with E-state index in [1.807, 2.05) is 13.0 Å². The molecule has 1 aromatic heterocycles. The second kappa shape index (κ2) is 5.25. The number of nitrogens with one attached hydrogen (secondary N) is 1. The summed E-state index contributed by atoms with van der Waals surface area (Å²) >= 11 is 0. The molecule has 1 heterocycles. The lowest BCUT2D eigenvalue weighted by Crippen LogP contribution is -2.26. The van der Waals surface area contributed by atoms with Crippen molar-refractivity contribution in [1.29, 1.82) is 0 Å². The summed E-state index contributed by atoms with van der Waals surface area (Å²) in [5.74, 6) is 2.48. The fourth-order valence-electron chi connectivity index (χ4n) is 1.15. The van der Waals surface area contributed by atoms with Gasteiger partial charge in [-0.1, -0.05) is 5.92 Å². The maximum Gasteiger partial charge on any atom is 0.250 e. The van der Waals surface area contributed by atoms with Crippen LogP contribution in [0.25, 0.3) is 0 Å². The molecule has 0 aromatic carbocycles. The van der Waals surface area contributed by atoms with Crippen molar-refractivity contribution in [2.45, 2.75) is 13.5 Å². The highest BCUT2D eigenvalue weighted by Gasteiger charge is 1.94. The van der Waals surface area contributed by atoms with Crippen molar-refractivity contribution in [2.75, 3.05) is 13.1 Å². The zero-order valence-electron chi connectivity index (χ0n) is 8.29. The van der Waals surface area contributed by atoms with Crippen molar-refractivity contribution in [3.8, 4) is 12.3 Å². The Labute approximate surface area is 83.8 Å². The van der Waals surface area contributed by atoms with Gasteiger partial charge in [0, 0.05) is 25.4 Å². The van der Waals surface area contributed by atoms with Crippen molar-refractivity contribution < 1.29 is 0 Å². The molecule has 1 N–H and O–H groups in total. The number of aromatic nitrogens is 1. The standard InChI is InChI=1S/C11H14N2O/c1-3-5-12-6-8-13-7-4-10(2)9-11(13)14/h1,4,7,9,12H,5-6,8H2,2H3.